The third kappa shape index (κ3) is 2.03. The van der Waals surface area contributed by atoms with E-state index in [-0.39, 0.29) is 6.71 Å². The molecule has 0 nitrogen and oxygen atoms in total. The number of rotatable bonds is 3. The molecule has 0 aromatic heterocycles. The molecule has 2 aromatic carbocycles. The molecule has 0 spiro atoms. The summed E-state index contributed by atoms with van der Waals surface area (Å²) in [5, 5.41) is 0. The normalized spacial score (nSPS) is 16.6. The first-order valence-corrected chi connectivity index (χ1v) is 8.62. The van der Waals surface area contributed by atoms with Crippen LogP contribution in [-0.4, -0.2) is 6.71 Å². The van der Waals surface area contributed by atoms with E-state index in [9.17, 15) is 0 Å². The molecule has 24 heavy (non-hydrogen) atoms. The number of fused-ring (bicyclic) bond motifs is 2. The molecule has 0 unspecified atom stereocenters. The molecule has 1 heteroatoms. The molecule has 0 radical (unpaired) electrons. The SMILES string of the molecule is C1=CC=CC=1B(C1=CCc2ccccc21)C1=CCc2ccccc21. The molecular weight excluding hydrogens is 287 g/mol. The molecule has 5 rings (SSSR count). The van der Waals surface area contributed by atoms with E-state index < -0.39 is 0 Å². The van der Waals surface area contributed by atoms with Crippen LogP contribution in [0.2, 0.25) is 0 Å². The minimum absolute atomic E-state index is 0.285. The van der Waals surface area contributed by atoms with E-state index in [0.29, 0.717) is 0 Å². The van der Waals surface area contributed by atoms with Crippen LogP contribution >= 0.6 is 0 Å². The molecule has 112 valence electrons. The van der Waals surface area contributed by atoms with Crippen LogP contribution in [-0.2, 0) is 12.8 Å². The largest absolute Gasteiger partial charge is 0.251 e. The summed E-state index contributed by atoms with van der Waals surface area (Å²) >= 11 is 0. The van der Waals surface area contributed by atoms with Gasteiger partial charge in [-0.15, -0.1) is 5.73 Å². The Hall–Kier alpha value is -2.76. The van der Waals surface area contributed by atoms with Crippen molar-refractivity contribution in [1.29, 1.82) is 0 Å². The van der Waals surface area contributed by atoms with Crippen molar-refractivity contribution >= 4 is 17.7 Å². The zero-order valence-electron chi connectivity index (χ0n) is 13.5. The summed E-state index contributed by atoms with van der Waals surface area (Å²) < 4.78 is 0. The van der Waals surface area contributed by atoms with Crippen LogP contribution < -0.4 is 0 Å². The van der Waals surface area contributed by atoms with Gasteiger partial charge in [-0.3, -0.25) is 0 Å². The van der Waals surface area contributed by atoms with Gasteiger partial charge in [-0.05, 0) is 46.6 Å². The molecule has 2 aromatic rings. The van der Waals surface area contributed by atoms with Gasteiger partial charge in [-0.2, -0.15) is 0 Å². The Morgan fingerprint density at radius 2 is 1.33 bits per heavy atom. The highest BCUT2D eigenvalue weighted by molar-refractivity contribution is 7.00. The Morgan fingerprint density at radius 3 is 1.88 bits per heavy atom. The lowest BCUT2D eigenvalue weighted by Crippen LogP contribution is -2.20. The van der Waals surface area contributed by atoms with Crippen LogP contribution in [0.25, 0.3) is 10.9 Å². The highest BCUT2D eigenvalue weighted by Gasteiger charge is 2.34. The molecule has 0 fully saturated rings. The number of allylic oxidation sites excluding steroid dienone is 5. The van der Waals surface area contributed by atoms with Gasteiger partial charge in [-0.25, -0.2) is 0 Å². The predicted octanol–water partition coefficient (Wildman–Crippen LogP) is 5.03. The van der Waals surface area contributed by atoms with Gasteiger partial charge in [0.15, 0.2) is 0 Å². The van der Waals surface area contributed by atoms with Crippen molar-refractivity contribution in [3.05, 3.63) is 112 Å². The summed E-state index contributed by atoms with van der Waals surface area (Å²) in [6.45, 7) is 0.285. The van der Waals surface area contributed by atoms with Gasteiger partial charge < -0.3 is 0 Å². The topological polar surface area (TPSA) is 0 Å². The van der Waals surface area contributed by atoms with Crippen molar-refractivity contribution in [2.75, 3.05) is 0 Å². The van der Waals surface area contributed by atoms with Crippen LogP contribution in [0, 0.1) is 0 Å². The Morgan fingerprint density at radius 1 is 0.750 bits per heavy atom. The van der Waals surface area contributed by atoms with E-state index in [2.05, 4.69) is 78.6 Å². The first kappa shape index (κ1) is 13.7. The van der Waals surface area contributed by atoms with Crippen LogP contribution in [0.15, 0.2) is 90.1 Å². The van der Waals surface area contributed by atoms with E-state index in [0.717, 1.165) is 12.8 Å². The summed E-state index contributed by atoms with van der Waals surface area (Å²) in [7, 11) is 0. The average molecular weight is 304 g/mol. The lowest BCUT2D eigenvalue weighted by atomic mass is 9.34. The van der Waals surface area contributed by atoms with Crippen molar-refractivity contribution in [1.82, 2.24) is 0 Å². The lowest BCUT2D eigenvalue weighted by Gasteiger charge is -2.19. The third-order valence-corrected chi connectivity index (χ3v) is 5.30. The summed E-state index contributed by atoms with van der Waals surface area (Å²) in [5.41, 5.74) is 13.3. The van der Waals surface area contributed by atoms with Gasteiger partial charge in [0, 0.05) is 0 Å². The fraction of sp³-hybridized carbons (Fsp3) is 0.0870. The maximum absolute atomic E-state index is 3.47. The summed E-state index contributed by atoms with van der Waals surface area (Å²) in [6, 6.07) is 17.6. The zero-order valence-corrected chi connectivity index (χ0v) is 13.5. The summed E-state index contributed by atoms with van der Waals surface area (Å²) in [5.74, 6) is 0. The minimum Gasteiger partial charge on any atom is -0.126 e. The molecule has 0 bridgehead atoms. The monoisotopic (exact) mass is 304 g/mol. The van der Waals surface area contributed by atoms with E-state index in [1.165, 1.54) is 38.7 Å². The lowest BCUT2D eigenvalue weighted by molar-refractivity contribution is 1.31. The van der Waals surface area contributed by atoms with Gasteiger partial charge in [0.25, 0.3) is 6.71 Å². The second-order valence-electron chi connectivity index (χ2n) is 6.60. The number of benzene rings is 2. The van der Waals surface area contributed by atoms with Gasteiger partial charge in [0.1, 0.15) is 0 Å². The Balaban J connectivity index is 1.67. The van der Waals surface area contributed by atoms with Crippen molar-refractivity contribution in [2.24, 2.45) is 0 Å². The molecule has 0 atom stereocenters. The number of hydrogen-bond donors (Lipinski definition) is 0. The standard InChI is InChI=1S/C23H17B/c1-5-11-20-17(7-1)13-15-22(20)24(19-9-3-4-10-19)23-16-14-18-8-2-6-12-21(18)23/h1-9,11-12,15-16H,13-14H2. The van der Waals surface area contributed by atoms with Gasteiger partial charge in [-0.1, -0.05) is 83.8 Å². The fourth-order valence-corrected chi connectivity index (χ4v) is 4.19. The Bertz CT molecular complexity index is 931. The molecule has 3 aliphatic carbocycles. The average Bonchev–Trinajstić information content (AvgIpc) is 3.36. The zero-order chi connectivity index (χ0) is 15.9. The Labute approximate surface area is 143 Å². The highest BCUT2D eigenvalue weighted by atomic mass is 14.2. The third-order valence-electron chi connectivity index (χ3n) is 5.30. The van der Waals surface area contributed by atoms with Crippen molar-refractivity contribution in [2.45, 2.75) is 12.8 Å². The molecule has 0 aliphatic heterocycles. The van der Waals surface area contributed by atoms with Gasteiger partial charge in [0.2, 0.25) is 0 Å². The first-order valence-electron chi connectivity index (χ1n) is 8.62. The summed E-state index contributed by atoms with van der Waals surface area (Å²) in [4.78, 5) is 0. The highest BCUT2D eigenvalue weighted by Crippen LogP contribution is 2.40. The van der Waals surface area contributed by atoms with E-state index in [1.807, 2.05) is 6.08 Å². The van der Waals surface area contributed by atoms with E-state index in [4.69, 9.17) is 0 Å². The Kier molecular flexibility index (Phi) is 3.08. The number of hydrogen-bond acceptors (Lipinski definition) is 0. The van der Waals surface area contributed by atoms with Crippen molar-refractivity contribution in [3.63, 3.8) is 0 Å². The smallest absolute Gasteiger partial charge is 0.126 e. The quantitative estimate of drug-likeness (QED) is 0.551. The van der Waals surface area contributed by atoms with Crippen LogP contribution in [0.5, 0.6) is 0 Å². The first-order chi connectivity index (χ1) is 11.9. The van der Waals surface area contributed by atoms with E-state index >= 15 is 0 Å². The van der Waals surface area contributed by atoms with Gasteiger partial charge in [0.05, 0.1) is 0 Å². The molecule has 0 heterocycles. The van der Waals surface area contributed by atoms with Crippen LogP contribution in [0.3, 0.4) is 0 Å². The molecule has 0 N–H and O–H groups in total. The second kappa shape index (κ2) is 5.41. The maximum atomic E-state index is 3.47. The predicted molar refractivity (Wildman–Crippen MR) is 103 cm³/mol. The molecule has 0 saturated carbocycles. The van der Waals surface area contributed by atoms with Crippen LogP contribution in [0.1, 0.15) is 22.3 Å². The summed E-state index contributed by atoms with van der Waals surface area (Å²) in [6.07, 6.45) is 13.3. The molecular formula is C23H17B. The fourth-order valence-electron chi connectivity index (χ4n) is 4.19. The molecule has 0 saturated heterocycles. The molecule has 0 amide bonds. The minimum atomic E-state index is 0.285. The van der Waals surface area contributed by atoms with Gasteiger partial charge >= 0.3 is 0 Å². The van der Waals surface area contributed by atoms with Crippen molar-refractivity contribution < 1.29 is 0 Å². The maximum Gasteiger partial charge on any atom is 0.251 e. The molecule has 3 aliphatic rings. The van der Waals surface area contributed by atoms with Crippen molar-refractivity contribution in [3.8, 4) is 0 Å². The second-order valence-corrected chi connectivity index (χ2v) is 6.60. The van der Waals surface area contributed by atoms with E-state index in [1.54, 1.807) is 0 Å². The van der Waals surface area contributed by atoms with Crippen LogP contribution in [0.4, 0.5) is 0 Å².